The minimum Gasteiger partial charge on any atom is -0.321 e. The molecule has 0 saturated heterocycles. The Morgan fingerprint density at radius 3 is 2.54 bits per heavy atom. The highest BCUT2D eigenvalue weighted by Crippen LogP contribution is 2.26. The lowest BCUT2D eigenvalue weighted by atomic mass is 10.2. The van der Waals surface area contributed by atoms with Crippen LogP contribution in [-0.2, 0) is 0 Å². The zero-order valence-corrected chi connectivity index (χ0v) is 13.9. The molecule has 5 nitrogen and oxygen atoms in total. The van der Waals surface area contributed by atoms with Gasteiger partial charge in [0.1, 0.15) is 5.69 Å². The van der Waals surface area contributed by atoms with Gasteiger partial charge in [-0.05, 0) is 41.8 Å². The normalized spacial score (nSPS) is 10.2. The zero-order valence-electron chi connectivity index (χ0n) is 12.3. The lowest BCUT2D eigenvalue weighted by molar-refractivity contribution is 0.101. The second-order valence-electron chi connectivity index (χ2n) is 4.80. The number of hydrogen-bond acceptors (Lipinski definition) is 4. The molecule has 2 amide bonds. The molecule has 0 saturated carbocycles. The average Bonchev–Trinajstić information content (AvgIpc) is 3.13. The lowest BCUT2D eigenvalue weighted by Crippen LogP contribution is -2.14. The van der Waals surface area contributed by atoms with Gasteiger partial charge >= 0.3 is 0 Å². The van der Waals surface area contributed by atoms with E-state index in [1.807, 2.05) is 5.38 Å². The van der Waals surface area contributed by atoms with Gasteiger partial charge < -0.3 is 10.6 Å². The summed E-state index contributed by atoms with van der Waals surface area (Å²) in [6.45, 7) is 0. The Labute approximate surface area is 147 Å². The molecule has 0 aliphatic heterocycles. The third-order valence-corrected chi connectivity index (χ3v) is 4.30. The Balaban J connectivity index is 1.71. The molecule has 120 valence electrons. The SMILES string of the molecule is O=C(Nc1ccc(NC(=O)c2cccs2)c(Cl)c1)c1ccccn1. The van der Waals surface area contributed by atoms with E-state index in [2.05, 4.69) is 15.6 Å². The third kappa shape index (κ3) is 3.79. The van der Waals surface area contributed by atoms with Crippen LogP contribution in [0.4, 0.5) is 11.4 Å². The molecule has 0 aliphatic carbocycles. The van der Waals surface area contributed by atoms with Crippen molar-refractivity contribution in [2.24, 2.45) is 0 Å². The number of aromatic nitrogens is 1. The Morgan fingerprint density at radius 2 is 1.88 bits per heavy atom. The lowest BCUT2D eigenvalue weighted by Gasteiger charge is -2.09. The van der Waals surface area contributed by atoms with Crippen molar-refractivity contribution in [3.05, 3.63) is 75.7 Å². The Morgan fingerprint density at radius 1 is 1.00 bits per heavy atom. The van der Waals surface area contributed by atoms with E-state index in [1.54, 1.807) is 54.7 Å². The van der Waals surface area contributed by atoms with Crippen molar-refractivity contribution >= 4 is 46.1 Å². The summed E-state index contributed by atoms with van der Waals surface area (Å²) in [4.78, 5) is 28.7. The minimum atomic E-state index is -0.331. The van der Waals surface area contributed by atoms with Crippen LogP contribution in [0.3, 0.4) is 0 Å². The number of nitrogens with zero attached hydrogens (tertiary/aromatic N) is 1. The van der Waals surface area contributed by atoms with Crippen LogP contribution in [0.1, 0.15) is 20.2 Å². The van der Waals surface area contributed by atoms with Gasteiger partial charge in [-0.2, -0.15) is 0 Å². The summed E-state index contributed by atoms with van der Waals surface area (Å²) >= 11 is 7.53. The highest BCUT2D eigenvalue weighted by atomic mass is 35.5. The highest BCUT2D eigenvalue weighted by Gasteiger charge is 2.11. The van der Waals surface area contributed by atoms with Gasteiger partial charge in [0, 0.05) is 11.9 Å². The fourth-order valence-electron chi connectivity index (χ4n) is 1.98. The fraction of sp³-hybridized carbons (Fsp3) is 0. The summed E-state index contributed by atoms with van der Waals surface area (Å²) in [5.41, 5.74) is 1.30. The molecule has 2 N–H and O–H groups in total. The van der Waals surface area contributed by atoms with E-state index < -0.39 is 0 Å². The molecule has 2 aromatic heterocycles. The molecule has 3 rings (SSSR count). The maximum absolute atomic E-state index is 12.1. The number of carbonyl (C=O) groups is 2. The van der Waals surface area contributed by atoms with Crippen LogP contribution < -0.4 is 10.6 Å². The third-order valence-electron chi connectivity index (χ3n) is 3.12. The molecule has 3 aromatic rings. The first-order valence-corrected chi connectivity index (χ1v) is 8.26. The van der Waals surface area contributed by atoms with Crippen molar-refractivity contribution in [3.8, 4) is 0 Å². The van der Waals surface area contributed by atoms with Gasteiger partial charge in [-0.1, -0.05) is 23.7 Å². The molecular weight excluding hydrogens is 346 g/mol. The predicted octanol–water partition coefficient (Wildman–Crippen LogP) is 4.30. The van der Waals surface area contributed by atoms with Crippen LogP contribution in [-0.4, -0.2) is 16.8 Å². The van der Waals surface area contributed by atoms with Gasteiger partial charge in [0.05, 0.1) is 15.6 Å². The summed E-state index contributed by atoms with van der Waals surface area (Å²) in [6.07, 6.45) is 1.55. The molecular formula is C17H12ClN3O2S. The van der Waals surface area contributed by atoms with Gasteiger partial charge in [0.2, 0.25) is 0 Å². The predicted molar refractivity (Wildman–Crippen MR) is 95.9 cm³/mol. The van der Waals surface area contributed by atoms with E-state index in [1.165, 1.54) is 11.3 Å². The van der Waals surface area contributed by atoms with E-state index in [-0.39, 0.29) is 11.8 Å². The first kappa shape index (κ1) is 16.2. The van der Waals surface area contributed by atoms with E-state index in [9.17, 15) is 9.59 Å². The summed E-state index contributed by atoms with van der Waals surface area (Å²) in [5.74, 6) is -0.556. The molecule has 7 heteroatoms. The topological polar surface area (TPSA) is 71.1 Å². The molecule has 0 atom stereocenters. The van der Waals surface area contributed by atoms with Crippen molar-refractivity contribution in [2.75, 3.05) is 10.6 Å². The van der Waals surface area contributed by atoms with E-state index >= 15 is 0 Å². The maximum atomic E-state index is 12.1. The minimum absolute atomic E-state index is 0.225. The van der Waals surface area contributed by atoms with Crippen molar-refractivity contribution in [1.82, 2.24) is 4.98 Å². The van der Waals surface area contributed by atoms with Gasteiger partial charge in [0.25, 0.3) is 11.8 Å². The summed E-state index contributed by atoms with van der Waals surface area (Å²) in [7, 11) is 0. The Kier molecular flexibility index (Phi) is 4.88. The first-order chi connectivity index (χ1) is 11.6. The van der Waals surface area contributed by atoms with Crippen LogP contribution in [0.5, 0.6) is 0 Å². The number of hydrogen-bond donors (Lipinski definition) is 2. The van der Waals surface area contributed by atoms with Crippen molar-refractivity contribution < 1.29 is 9.59 Å². The maximum Gasteiger partial charge on any atom is 0.274 e. The molecule has 1 aromatic carbocycles. The monoisotopic (exact) mass is 357 g/mol. The van der Waals surface area contributed by atoms with Crippen LogP contribution in [0, 0.1) is 0 Å². The van der Waals surface area contributed by atoms with E-state index in [4.69, 9.17) is 11.6 Å². The number of pyridine rings is 1. The van der Waals surface area contributed by atoms with Crippen molar-refractivity contribution in [2.45, 2.75) is 0 Å². The van der Waals surface area contributed by atoms with Gasteiger partial charge in [-0.3, -0.25) is 14.6 Å². The molecule has 0 unspecified atom stereocenters. The second kappa shape index (κ2) is 7.25. The van der Waals surface area contributed by atoms with Gasteiger partial charge in [-0.25, -0.2) is 0 Å². The average molecular weight is 358 g/mol. The fourth-order valence-corrected chi connectivity index (χ4v) is 2.82. The molecule has 0 radical (unpaired) electrons. The standard InChI is InChI=1S/C17H12ClN3O2S/c18-12-10-11(20-16(22)14-4-1-2-8-19-14)6-7-13(12)21-17(23)15-5-3-9-24-15/h1-10H,(H,20,22)(H,21,23). The summed E-state index contributed by atoms with van der Waals surface area (Å²) < 4.78 is 0. The zero-order chi connectivity index (χ0) is 16.9. The number of nitrogens with one attached hydrogen (secondary N) is 2. The van der Waals surface area contributed by atoms with Crippen LogP contribution in [0.25, 0.3) is 0 Å². The van der Waals surface area contributed by atoms with Crippen molar-refractivity contribution in [1.29, 1.82) is 0 Å². The summed E-state index contributed by atoms with van der Waals surface area (Å²) in [6, 6.07) is 13.5. The number of halogens is 1. The molecule has 0 bridgehead atoms. The molecule has 2 heterocycles. The van der Waals surface area contributed by atoms with Crippen LogP contribution in [0.15, 0.2) is 60.1 Å². The number of benzene rings is 1. The summed E-state index contributed by atoms with van der Waals surface area (Å²) in [5, 5.41) is 7.61. The number of anilines is 2. The Hall–Kier alpha value is -2.70. The number of amides is 2. The van der Waals surface area contributed by atoms with Crippen LogP contribution >= 0.6 is 22.9 Å². The molecule has 0 fully saturated rings. The molecule has 24 heavy (non-hydrogen) atoms. The van der Waals surface area contributed by atoms with Crippen LogP contribution in [0.2, 0.25) is 5.02 Å². The number of rotatable bonds is 4. The molecule has 0 aliphatic rings. The van der Waals surface area contributed by atoms with E-state index in [0.29, 0.717) is 27.0 Å². The van der Waals surface area contributed by atoms with E-state index in [0.717, 1.165) is 0 Å². The van der Waals surface area contributed by atoms with Crippen molar-refractivity contribution in [3.63, 3.8) is 0 Å². The smallest absolute Gasteiger partial charge is 0.274 e. The van der Waals surface area contributed by atoms with Gasteiger partial charge in [-0.15, -0.1) is 11.3 Å². The number of thiophene rings is 1. The van der Waals surface area contributed by atoms with Gasteiger partial charge in [0.15, 0.2) is 0 Å². The highest BCUT2D eigenvalue weighted by molar-refractivity contribution is 7.12. The Bertz CT molecular complexity index is 867. The first-order valence-electron chi connectivity index (χ1n) is 7.00. The molecule has 0 spiro atoms. The number of carbonyl (C=O) groups excluding carboxylic acids is 2. The largest absolute Gasteiger partial charge is 0.321 e. The second-order valence-corrected chi connectivity index (χ2v) is 6.15. The quantitative estimate of drug-likeness (QED) is 0.731.